The second kappa shape index (κ2) is 9.76. The van der Waals surface area contributed by atoms with Crippen LogP contribution in [0.2, 0.25) is 0 Å². The summed E-state index contributed by atoms with van der Waals surface area (Å²) in [6.45, 7) is 2.64. The minimum absolute atomic E-state index is 0.0864. The van der Waals surface area contributed by atoms with Crippen LogP contribution in [0, 0.1) is 0 Å². The maximum absolute atomic E-state index is 13.5. The molecule has 0 saturated carbocycles. The molecule has 1 fully saturated rings. The molecule has 8 nitrogen and oxygen atoms in total. The number of ether oxygens (including phenoxy) is 1. The van der Waals surface area contributed by atoms with Crippen molar-refractivity contribution in [1.29, 1.82) is 0 Å². The van der Waals surface area contributed by atoms with Crippen molar-refractivity contribution in [3.8, 4) is 17.1 Å². The average molecular weight is 435 g/mol. The van der Waals surface area contributed by atoms with Crippen molar-refractivity contribution in [3.05, 3.63) is 72.2 Å². The Morgan fingerprint density at radius 1 is 1.22 bits per heavy atom. The zero-order chi connectivity index (χ0) is 22.5. The molecule has 1 aliphatic heterocycles. The molecular formula is C24H25N3O5. The highest BCUT2D eigenvalue weighted by Crippen LogP contribution is 2.24. The number of amides is 2. The number of oxazole rings is 1. The third kappa shape index (κ3) is 4.71. The summed E-state index contributed by atoms with van der Waals surface area (Å²) in [6, 6.07) is 13.7. The van der Waals surface area contributed by atoms with E-state index >= 15 is 0 Å². The summed E-state index contributed by atoms with van der Waals surface area (Å²) in [5, 5.41) is 12.9. The number of nitrogens with one attached hydrogen (secondary N) is 1. The number of imide groups is 1. The first-order valence-corrected chi connectivity index (χ1v) is 10.5. The third-order valence-corrected chi connectivity index (χ3v) is 5.35. The highest BCUT2D eigenvalue weighted by molar-refractivity contribution is 6.07. The standard InChI is InChI=1S/C24H25N3O5/c1-2-31-21-6-4-3-5-19(21)23(29)27(24(30)20-11-18(28)12-26-20)14-16-7-9-17(10-8-16)22-13-25-15-32-22/h3-10,13,15,18,20,26,28H,2,11-12,14H2,1H3/t18-,20+/m1/s1. The Bertz CT molecular complexity index is 1070. The smallest absolute Gasteiger partial charge is 0.264 e. The number of β-amino-alcohol motifs (C(OH)–C–C–N with tert-alkyl or cyclic N) is 1. The molecule has 1 aromatic heterocycles. The van der Waals surface area contributed by atoms with Gasteiger partial charge in [0.2, 0.25) is 5.91 Å². The topological polar surface area (TPSA) is 105 Å². The van der Waals surface area contributed by atoms with Crippen LogP contribution >= 0.6 is 0 Å². The number of hydrogen-bond acceptors (Lipinski definition) is 7. The van der Waals surface area contributed by atoms with Crippen LogP contribution in [0.25, 0.3) is 11.3 Å². The van der Waals surface area contributed by atoms with E-state index in [9.17, 15) is 14.7 Å². The monoisotopic (exact) mass is 435 g/mol. The molecule has 0 bridgehead atoms. The van der Waals surface area contributed by atoms with E-state index < -0.39 is 18.1 Å². The van der Waals surface area contributed by atoms with Crippen molar-refractivity contribution in [1.82, 2.24) is 15.2 Å². The molecule has 2 amide bonds. The van der Waals surface area contributed by atoms with Crippen molar-refractivity contribution < 1.29 is 23.8 Å². The molecule has 2 heterocycles. The molecule has 1 aliphatic rings. The first-order valence-electron chi connectivity index (χ1n) is 10.5. The molecule has 2 atom stereocenters. The van der Waals surface area contributed by atoms with Crippen molar-refractivity contribution >= 4 is 11.8 Å². The molecule has 4 rings (SSSR count). The van der Waals surface area contributed by atoms with Crippen LogP contribution in [0.5, 0.6) is 5.75 Å². The number of nitrogens with zero attached hydrogens (tertiary/aromatic N) is 2. The maximum Gasteiger partial charge on any atom is 0.264 e. The van der Waals surface area contributed by atoms with Crippen LogP contribution in [0.15, 0.2) is 65.5 Å². The average Bonchev–Trinajstić information content (AvgIpc) is 3.50. The van der Waals surface area contributed by atoms with Crippen LogP contribution in [0.4, 0.5) is 0 Å². The van der Waals surface area contributed by atoms with Crippen LogP contribution in [-0.2, 0) is 11.3 Å². The minimum atomic E-state index is -0.623. The largest absolute Gasteiger partial charge is 0.493 e. The first kappa shape index (κ1) is 21.7. The van der Waals surface area contributed by atoms with Crippen LogP contribution in [0.3, 0.4) is 0 Å². The van der Waals surface area contributed by atoms with Gasteiger partial charge in [0, 0.05) is 12.1 Å². The highest BCUT2D eigenvalue weighted by atomic mass is 16.5. The van der Waals surface area contributed by atoms with Gasteiger partial charge in [0.05, 0.1) is 37.1 Å². The van der Waals surface area contributed by atoms with E-state index in [0.717, 1.165) is 11.1 Å². The zero-order valence-corrected chi connectivity index (χ0v) is 17.7. The van der Waals surface area contributed by atoms with Crippen molar-refractivity contribution in [2.24, 2.45) is 0 Å². The second-order valence-electron chi connectivity index (χ2n) is 7.57. The van der Waals surface area contributed by atoms with Gasteiger partial charge in [-0.1, -0.05) is 36.4 Å². The predicted octanol–water partition coefficient (Wildman–Crippen LogP) is 2.63. The number of aliphatic hydroxyl groups is 1. The quantitative estimate of drug-likeness (QED) is 0.550. The Morgan fingerprint density at radius 3 is 2.66 bits per heavy atom. The number of rotatable bonds is 7. The van der Waals surface area contributed by atoms with Gasteiger partial charge in [0.1, 0.15) is 5.75 Å². The molecule has 166 valence electrons. The fourth-order valence-electron chi connectivity index (χ4n) is 3.73. The zero-order valence-electron chi connectivity index (χ0n) is 17.7. The van der Waals surface area contributed by atoms with E-state index in [1.165, 1.54) is 11.3 Å². The van der Waals surface area contributed by atoms with Gasteiger partial charge in [-0.15, -0.1) is 0 Å². The molecule has 8 heteroatoms. The number of hydrogen-bond donors (Lipinski definition) is 2. The molecule has 0 unspecified atom stereocenters. The van der Waals surface area contributed by atoms with Gasteiger partial charge in [0.15, 0.2) is 12.2 Å². The molecule has 0 spiro atoms. The molecule has 3 aromatic rings. The summed E-state index contributed by atoms with van der Waals surface area (Å²) in [5.74, 6) is 0.243. The van der Waals surface area contributed by atoms with Gasteiger partial charge >= 0.3 is 0 Å². The van der Waals surface area contributed by atoms with Crippen LogP contribution in [-0.4, -0.2) is 52.1 Å². The maximum atomic E-state index is 13.5. The predicted molar refractivity (Wildman–Crippen MR) is 117 cm³/mol. The lowest BCUT2D eigenvalue weighted by atomic mass is 10.1. The third-order valence-electron chi connectivity index (χ3n) is 5.35. The summed E-state index contributed by atoms with van der Waals surface area (Å²) >= 11 is 0. The SMILES string of the molecule is CCOc1ccccc1C(=O)N(Cc1ccc(-c2cnco2)cc1)C(=O)[C@@H]1C[C@@H](O)CN1. The number of aromatic nitrogens is 1. The minimum Gasteiger partial charge on any atom is -0.493 e. The van der Waals surface area contributed by atoms with E-state index in [2.05, 4.69) is 10.3 Å². The van der Waals surface area contributed by atoms with Crippen molar-refractivity contribution in [3.63, 3.8) is 0 Å². The van der Waals surface area contributed by atoms with Crippen molar-refractivity contribution in [2.45, 2.75) is 32.0 Å². The number of para-hydroxylation sites is 1. The molecule has 1 saturated heterocycles. The number of carbonyl (C=O) groups excluding carboxylic acids is 2. The lowest BCUT2D eigenvalue weighted by molar-refractivity contribution is -0.131. The van der Waals surface area contributed by atoms with Gasteiger partial charge < -0.3 is 19.6 Å². The summed E-state index contributed by atoms with van der Waals surface area (Å²) in [7, 11) is 0. The Balaban J connectivity index is 1.62. The lowest BCUT2D eigenvalue weighted by Crippen LogP contribution is -2.46. The summed E-state index contributed by atoms with van der Waals surface area (Å²) in [4.78, 5) is 31.9. The second-order valence-corrected chi connectivity index (χ2v) is 7.57. The van der Waals surface area contributed by atoms with Gasteiger partial charge in [-0.2, -0.15) is 0 Å². The fourth-order valence-corrected chi connectivity index (χ4v) is 3.73. The van der Waals surface area contributed by atoms with Gasteiger partial charge in [0.25, 0.3) is 5.91 Å². The molecular weight excluding hydrogens is 410 g/mol. The highest BCUT2D eigenvalue weighted by Gasteiger charge is 2.35. The Hall–Kier alpha value is -3.49. The summed E-state index contributed by atoms with van der Waals surface area (Å²) < 4.78 is 10.9. The summed E-state index contributed by atoms with van der Waals surface area (Å²) in [5.41, 5.74) is 1.94. The Morgan fingerprint density at radius 2 is 2.00 bits per heavy atom. The Kier molecular flexibility index (Phi) is 6.63. The Labute approximate surface area is 185 Å². The molecule has 0 aliphatic carbocycles. The van der Waals surface area contributed by atoms with E-state index in [-0.39, 0.29) is 18.9 Å². The van der Waals surface area contributed by atoms with Crippen LogP contribution < -0.4 is 10.1 Å². The first-order chi connectivity index (χ1) is 15.6. The van der Waals surface area contributed by atoms with E-state index in [0.29, 0.717) is 30.2 Å². The van der Waals surface area contributed by atoms with Gasteiger partial charge in [-0.3, -0.25) is 14.5 Å². The molecule has 32 heavy (non-hydrogen) atoms. The molecule has 2 N–H and O–H groups in total. The van der Waals surface area contributed by atoms with Gasteiger partial charge in [-0.25, -0.2) is 4.98 Å². The number of aliphatic hydroxyl groups excluding tert-OH is 1. The number of carbonyl (C=O) groups is 2. The summed E-state index contributed by atoms with van der Waals surface area (Å²) in [6.07, 6.45) is 2.63. The number of benzene rings is 2. The van der Waals surface area contributed by atoms with Gasteiger partial charge in [-0.05, 0) is 31.0 Å². The molecule has 2 aromatic carbocycles. The lowest BCUT2D eigenvalue weighted by Gasteiger charge is -2.25. The van der Waals surface area contributed by atoms with E-state index in [1.807, 2.05) is 31.2 Å². The normalized spacial score (nSPS) is 17.8. The molecule has 0 radical (unpaired) electrons. The van der Waals surface area contributed by atoms with Crippen molar-refractivity contribution in [2.75, 3.05) is 13.2 Å². The fraction of sp³-hybridized carbons (Fsp3) is 0.292. The van der Waals surface area contributed by atoms with E-state index in [1.54, 1.807) is 30.5 Å². The van der Waals surface area contributed by atoms with Crippen LogP contribution in [0.1, 0.15) is 29.3 Å². The van der Waals surface area contributed by atoms with E-state index in [4.69, 9.17) is 9.15 Å².